The van der Waals surface area contributed by atoms with Crippen molar-refractivity contribution in [1.29, 1.82) is 0 Å². The van der Waals surface area contributed by atoms with Gasteiger partial charge in [-0.2, -0.15) is 0 Å². The fourth-order valence-electron chi connectivity index (χ4n) is 3.89. The molecule has 30 heavy (non-hydrogen) atoms. The summed E-state index contributed by atoms with van der Waals surface area (Å²) in [6.07, 6.45) is 2.02. The third-order valence-electron chi connectivity index (χ3n) is 5.48. The number of benzene rings is 1. The number of amides is 1. The zero-order valence-corrected chi connectivity index (χ0v) is 16.6. The summed E-state index contributed by atoms with van der Waals surface area (Å²) in [7, 11) is 1.62. The normalized spacial score (nSPS) is 15.1. The van der Waals surface area contributed by atoms with Crippen LogP contribution in [0.4, 0.5) is 8.78 Å². The molecule has 0 aliphatic carbocycles. The van der Waals surface area contributed by atoms with E-state index in [4.69, 9.17) is 4.74 Å². The highest BCUT2D eigenvalue weighted by molar-refractivity contribution is 5.94. The lowest BCUT2D eigenvalue weighted by Gasteiger charge is -2.32. The van der Waals surface area contributed by atoms with Gasteiger partial charge < -0.3 is 18.8 Å². The maximum atomic E-state index is 12.8. The summed E-state index contributed by atoms with van der Waals surface area (Å²) in [5.74, 6) is 0.392. The largest absolute Gasteiger partial charge is 0.490 e. The van der Waals surface area contributed by atoms with E-state index in [0.29, 0.717) is 37.2 Å². The Morgan fingerprint density at radius 1 is 1.13 bits per heavy atom. The molecule has 1 amide bonds. The summed E-state index contributed by atoms with van der Waals surface area (Å²) >= 11 is 0. The molecule has 0 saturated carbocycles. The molecular weight excluding hydrogens is 392 g/mol. The van der Waals surface area contributed by atoms with Crippen LogP contribution in [0.5, 0.6) is 5.75 Å². The van der Waals surface area contributed by atoms with Gasteiger partial charge >= 0.3 is 0 Å². The Morgan fingerprint density at radius 3 is 2.63 bits per heavy atom. The fraction of sp³-hybridized carbons (Fsp3) is 0.364. The van der Waals surface area contributed by atoms with E-state index in [0.717, 1.165) is 5.39 Å². The average molecular weight is 415 g/mol. The van der Waals surface area contributed by atoms with E-state index < -0.39 is 6.43 Å². The van der Waals surface area contributed by atoms with Gasteiger partial charge in [0.05, 0.1) is 12.1 Å². The van der Waals surface area contributed by atoms with Gasteiger partial charge in [0.1, 0.15) is 17.4 Å². The Balaban J connectivity index is 1.43. The number of hydrogen-bond acceptors (Lipinski definition) is 3. The standard InChI is InChI=1S/C22H23F2N3O3/c1-25-10-3-4-17(21(25)28)22(29)26-11-7-15(8-12-26)30-19-6-2-5-18-16(19)9-13-27(18)14-20(23)24/h2-6,9-10,13,15,20H,7-8,11-12,14H2,1H3. The number of carbonyl (C=O) groups is 1. The SMILES string of the molecule is Cn1cccc(C(=O)N2CCC(Oc3cccc4c3ccn4CC(F)F)CC2)c1=O. The van der Waals surface area contributed by atoms with Crippen LogP contribution in [-0.2, 0) is 13.6 Å². The van der Waals surface area contributed by atoms with Crippen LogP contribution in [0.25, 0.3) is 10.9 Å². The van der Waals surface area contributed by atoms with E-state index in [2.05, 4.69) is 0 Å². The number of nitrogens with zero attached hydrogens (tertiary/aromatic N) is 3. The summed E-state index contributed by atoms with van der Waals surface area (Å²) < 4.78 is 34.6. The molecule has 0 radical (unpaired) electrons. The first kappa shape index (κ1) is 20.1. The topological polar surface area (TPSA) is 56.5 Å². The molecule has 0 N–H and O–H groups in total. The van der Waals surface area contributed by atoms with Gasteiger partial charge in [-0.05, 0) is 30.3 Å². The van der Waals surface area contributed by atoms with Crippen molar-refractivity contribution < 1.29 is 18.3 Å². The molecular formula is C22H23F2N3O3. The number of alkyl halides is 2. The van der Waals surface area contributed by atoms with Crippen molar-refractivity contribution in [3.05, 3.63) is 64.7 Å². The summed E-state index contributed by atoms with van der Waals surface area (Å²) in [6, 6.07) is 10.5. The third kappa shape index (κ3) is 3.94. The number of hydrogen-bond donors (Lipinski definition) is 0. The summed E-state index contributed by atoms with van der Waals surface area (Å²) in [4.78, 5) is 26.6. The molecule has 1 aliphatic rings. The number of fused-ring (bicyclic) bond motifs is 1. The molecule has 3 aromatic rings. The highest BCUT2D eigenvalue weighted by Gasteiger charge is 2.26. The molecule has 2 aromatic heterocycles. The number of piperidine rings is 1. The number of aryl methyl sites for hydroxylation is 1. The first-order chi connectivity index (χ1) is 14.4. The van der Waals surface area contributed by atoms with E-state index in [9.17, 15) is 18.4 Å². The maximum Gasteiger partial charge on any atom is 0.263 e. The summed E-state index contributed by atoms with van der Waals surface area (Å²) in [5, 5.41) is 0.796. The zero-order chi connectivity index (χ0) is 21.3. The van der Waals surface area contributed by atoms with Crippen LogP contribution in [0.2, 0.25) is 0 Å². The van der Waals surface area contributed by atoms with E-state index in [1.165, 1.54) is 9.13 Å². The van der Waals surface area contributed by atoms with Gasteiger partial charge in [-0.1, -0.05) is 6.07 Å². The molecule has 0 spiro atoms. The zero-order valence-electron chi connectivity index (χ0n) is 16.6. The summed E-state index contributed by atoms with van der Waals surface area (Å²) in [6.45, 7) is 0.625. The number of halogens is 2. The van der Waals surface area contributed by atoms with Crippen molar-refractivity contribution >= 4 is 16.8 Å². The van der Waals surface area contributed by atoms with E-state index in [1.807, 2.05) is 6.07 Å². The van der Waals surface area contributed by atoms with Crippen molar-refractivity contribution in [2.24, 2.45) is 7.05 Å². The van der Waals surface area contributed by atoms with Crippen molar-refractivity contribution in [3.8, 4) is 5.75 Å². The molecule has 4 rings (SSSR count). The minimum absolute atomic E-state index is 0.0864. The first-order valence-electron chi connectivity index (χ1n) is 9.91. The smallest absolute Gasteiger partial charge is 0.263 e. The van der Waals surface area contributed by atoms with Gasteiger partial charge in [0.15, 0.2) is 0 Å². The molecule has 8 heteroatoms. The molecule has 0 unspecified atom stereocenters. The van der Waals surface area contributed by atoms with Gasteiger partial charge in [0, 0.05) is 50.8 Å². The van der Waals surface area contributed by atoms with Crippen molar-refractivity contribution in [3.63, 3.8) is 0 Å². The first-order valence-corrected chi connectivity index (χ1v) is 9.91. The van der Waals surface area contributed by atoms with Crippen LogP contribution in [0, 0.1) is 0 Å². The van der Waals surface area contributed by atoms with Gasteiger partial charge in [0.2, 0.25) is 0 Å². The molecule has 0 atom stereocenters. The second-order valence-electron chi connectivity index (χ2n) is 7.50. The second kappa shape index (κ2) is 8.30. The Labute approximate surface area is 172 Å². The van der Waals surface area contributed by atoms with E-state index in [1.54, 1.807) is 54.7 Å². The molecule has 1 aromatic carbocycles. The van der Waals surface area contributed by atoms with Crippen LogP contribution >= 0.6 is 0 Å². The van der Waals surface area contributed by atoms with E-state index >= 15 is 0 Å². The molecule has 6 nitrogen and oxygen atoms in total. The predicted molar refractivity (Wildman–Crippen MR) is 109 cm³/mol. The molecule has 1 saturated heterocycles. The van der Waals surface area contributed by atoms with Gasteiger partial charge in [-0.25, -0.2) is 8.78 Å². The highest BCUT2D eigenvalue weighted by Crippen LogP contribution is 2.29. The number of pyridine rings is 1. The lowest BCUT2D eigenvalue weighted by Crippen LogP contribution is -2.43. The molecule has 1 fully saturated rings. The molecule has 0 bridgehead atoms. The predicted octanol–water partition coefficient (Wildman–Crippen LogP) is 3.29. The van der Waals surface area contributed by atoms with E-state index in [-0.39, 0.29) is 29.7 Å². The minimum atomic E-state index is -2.42. The van der Waals surface area contributed by atoms with Crippen molar-refractivity contribution in [1.82, 2.24) is 14.0 Å². The number of ether oxygens (including phenoxy) is 1. The lowest BCUT2D eigenvalue weighted by molar-refractivity contribution is 0.0595. The van der Waals surface area contributed by atoms with Gasteiger partial charge in [0.25, 0.3) is 17.9 Å². The molecule has 158 valence electrons. The number of rotatable bonds is 5. The van der Waals surface area contributed by atoms with Crippen LogP contribution in [-0.4, -0.2) is 45.6 Å². The van der Waals surface area contributed by atoms with Gasteiger partial charge in [-0.3, -0.25) is 9.59 Å². The van der Waals surface area contributed by atoms with Crippen molar-refractivity contribution in [2.45, 2.75) is 31.9 Å². The van der Waals surface area contributed by atoms with Gasteiger partial charge in [-0.15, -0.1) is 0 Å². The average Bonchev–Trinajstić information content (AvgIpc) is 3.13. The minimum Gasteiger partial charge on any atom is -0.490 e. The Kier molecular flexibility index (Phi) is 5.57. The number of likely N-dealkylation sites (tertiary alicyclic amines) is 1. The fourth-order valence-corrected chi connectivity index (χ4v) is 3.89. The number of carbonyl (C=O) groups excluding carboxylic acids is 1. The maximum absolute atomic E-state index is 12.8. The lowest BCUT2D eigenvalue weighted by atomic mass is 10.1. The quantitative estimate of drug-likeness (QED) is 0.643. The summed E-state index contributed by atoms with van der Waals surface area (Å²) in [5.41, 5.74) is 0.575. The number of aromatic nitrogens is 2. The third-order valence-corrected chi connectivity index (χ3v) is 5.48. The molecule has 1 aliphatic heterocycles. The monoisotopic (exact) mass is 415 g/mol. The molecule has 3 heterocycles. The van der Waals surface area contributed by atoms with Crippen LogP contribution in [0.1, 0.15) is 23.2 Å². The van der Waals surface area contributed by atoms with Crippen molar-refractivity contribution in [2.75, 3.05) is 13.1 Å². The Morgan fingerprint density at radius 2 is 1.90 bits per heavy atom. The Bertz CT molecular complexity index is 1110. The van der Waals surface area contributed by atoms with Crippen LogP contribution < -0.4 is 10.3 Å². The van der Waals surface area contributed by atoms with Crippen LogP contribution in [0.15, 0.2) is 53.6 Å². The second-order valence-corrected chi connectivity index (χ2v) is 7.50. The van der Waals surface area contributed by atoms with Crippen LogP contribution in [0.3, 0.4) is 0 Å². The Hall–Kier alpha value is -3.16. The highest BCUT2D eigenvalue weighted by atomic mass is 19.3.